The van der Waals surface area contributed by atoms with E-state index < -0.39 is 12.2 Å². The van der Waals surface area contributed by atoms with Crippen LogP contribution in [0.25, 0.3) is 22.6 Å². The highest BCUT2D eigenvalue weighted by Gasteiger charge is 2.47. The van der Waals surface area contributed by atoms with E-state index in [4.69, 9.17) is 10.7 Å². The van der Waals surface area contributed by atoms with Gasteiger partial charge in [0.25, 0.3) is 0 Å². The number of amides is 2. The second-order valence-electron chi connectivity index (χ2n) is 7.66. The molecule has 34 heavy (non-hydrogen) atoms. The number of allylic oxidation sites excluding steroid dienone is 1. The fourth-order valence-corrected chi connectivity index (χ4v) is 3.97. The minimum absolute atomic E-state index is 0.150. The molecule has 1 aliphatic rings. The fraction of sp³-hybridized carbons (Fsp3) is 0.435. The molecule has 0 spiro atoms. The van der Waals surface area contributed by atoms with Gasteiger partial charge < -0.3 is 16.0 Å². The molecule has 0 saturated carbocycles. The van der Waals surface area contributed by atoms with Gasteiger partial charge in [0.2, 0.25) is 0 Å². The van der Waals surface area contributed by atoms with Crippen LogP contribution in [0, 0.1) is 0 Å². The van der Waals surface area contributed by atoms with Gasteiger partial charge in [-0.05, 0) is 6.92 Å². The molecule has 2 amide bonds. The molecule has 0 radical (unpaired) electrons. The smallest absolute Gasteiger partial charge is 0.317 e. The maximum absolute atomic E-state index is 13.4. The predicted molar refractivity (Wildman–Crippen MR) is 131 cm³/mol. The third-order valence-electron chi connectivity index (χ3n) is 5.61. The average molecular weight is 470 g/mol. The molecule has 3 aromatic rings. The van der Waals surface area contributed by atoms with Crippen molar-refractivity contribution < 1.29 is 9.18 Å². The first kappa shape index (κ1) is 24.9. The molecule has 3 N–H and O–H groups in total. The number of hydrogen-bond acceptors (Lipinski definition) is 6. The lowest BCUT2D eigenvalue weighted by atomic mass is 9.87. The maximum Gasteiger partial charge on any atom is 0.317 e. The number of urea groups is 1. The van der Waals surface area contributed by atoms with Crippen LogP contribution < -0.4 is 11.1 Å². The number of fused-ring (bicyclic) bond motifs is 1. The molecular weight excluding hydrogens is 437 g/mol. The van der Waals surface area contributed by atoms with E-state index in [0.717, 1.165) is 5.56 Å². The number of aliphatic imine (C=N–C) groups is 1. The van der Waals surface area contributed by atoms with Gasteiger partial charge in [0.15, 0.2) is 0 Å². The van der Waals surface area contributed by atoms with E-state index in [2.05, 4.69) is 20.4 Å². The van der Waals surface area contributed by atoms with Gasteiger partial charge in [-0.2, -0.15) is 5.10 Å². The Labute approximate surface area is 198 Å². The van der Waals surface area contributed by atoms with Crippen LogP contribution in [0.5, 0.6) is 0 Å². The number of aromatic nitrogens is 5. The Balaban J connectivity index is 0.00000158. The lowest BCUT2D eigenvalue weighted by Crippen LogP contribution is -2.66. The first-order chi connectivity index (χ1) is 16.5. The van der Waals surface area contributed by atoms with Crippen LogP contribution in [0.1, 0.15) is 32.9 Å². The SMILES string of the molecule is CC.CCNC(=O)N1CC(CCF)(n2cc(-c3nc(/C(C=NC)=C/N)cc4nccn34)cn2)C1. The topological polar surface area (TPSA) is 119 Å². The molecule has 1 saturated heterocycles. The van der Waals surface area contributed by atoms with Crippen molar-refractivity contribution in [3.8, 4) is 11.4 Å². The second-order valence-corrected chi connectivity index (χ2v) is 7.66. The number of carbonyl (C=O) groups excluding carboxylic acids is 1. The highest BCUT2D eigenvalue weighted by Crippen LogP contribution is 2.34. The highest BCUT2D eigenvalue weighted by atomic mass is 19.1. The Morgan fingerprint density at radius 1 is 1.38 bits per heavy atom. The first-order valence-electron chi connectivity index (χ1n) is 11.4. The van der Waals surface area contributed by atoms with E-state index >= 15 is 0 Å². The average Bonchev–Trinajstić information content (AvgIpc) is 3.50. The number of alkyl halides is 1. The van der Waals surface area contributed by atoms with Crippen LogP contribution in [0.3, 0.4) is 0 Å². The van der Waals surface area contributed by atoms with Crippen molar-refractivity contribution in [2.24, 2.45) is 10.7 Å². The summed E-state index contributed by atoms with van der Waals surface area (Å²) in [6, 6.07) is 1.68. The quantitative estimate of drug-likeness (QED) is 0.516. The summed E-state index contributed by atoms with van der Waals surface area (Å²) in [5.74, 6) is 0.625. The minimum atomic E-state index is -0.582. The Hall–Kier alpha value is -3.76. The van der Waals surface area contributed by atoms with Gasteiger partial charge in [0.05, 0.1) is 24.1 Å². The van der Waals surface area contributed by atoms with Gasteiger partial charge in [-0.25, -0.2) is 14.8 Å². The number of rotatable bonds is 7. The molecule has 0 bridgehead atoms. The van der Waals surface area contributed by atoms with Gasteiger partial charge in [0.1, 0.15) is 17.0 Å². The summed E-state index contributed by atoms with van der Waals surface area (Å²) in [4.78, 5) is 27.0. The van der Waals surface area contributed by atoms with E-state index in [9.17, 15) is 9.18 Å². The summed E-state index contributed by atoms with van der Waals surface area (Å²) in [7, 11) is 1.66. The molecule has 4 heterocycles. The zero-order chi connectivity index (χ0) is 24.7. The van der Waals surface area contributed by atoms with E-state index in [1.165, 1.54) is 6.20 Å². The molecule has 0 aromatic carbocycles. The Morgan fingerprint density at radius 3 is 2.79 bits per heavy atom. The summed E-state index contributed by atoms with van der Waals surface area (Å²) in [6.07, 6.45) is 10.4. The number of likely N-dealkylation sites (tertiary alicyclic amines) is 1. The third kappa shape index (κ3) is 4.63. The molecule has 182 valence electrons. The Bertz CT molecular complexity index is 1170. The van der Waals surface area contributed by atoms with Gasteiger partial charge >= 0.3 is 6.03 Å². The number of nitrogens with one attached hydrogen (secondary N) is 1. The molecule has 0 atom stereocenters. The summed E-state index contributed by atoms with van der Waals surface area (Å²) in [5.41, 5.74) is 7.92. The Morgan fingerprint density at radius 2 is 2.15 bits per heavy atom. The molecule has 1 fully saturated rings. The summed E-state index contributed by atoms with van der Waals surface area (Å²) in [6.45, 7) is 6.69. The van der Waals surface area contributed by atoms with E-state index in [-0.39, 0.29) is 12.5 Å². The van der Waals surface area contributed by atoms with Crippen LogP contribution >= 0.6 is 0 Å². The van der Waals surface area contributed by atoms with Crippen molar-refractivity contribution in [1.29, 1.82) is 0 Å². The van der Waals surface area contributed by atoms with Crippen molar-refractivity contribution in [2.45, 2.75) is 32.7 Å². The molecule has 0 aliphatic carbocycles. The number of imidazole rings is 1. The van der Waals surface area contributed by atoms with Crippen LogP contribution in [0.2, 0.25) is 0 Å². The Kier molecular flexibility index (Phi) is 7.98. The van der Waals surface area contributed by atoms with Gasteiger partial charge in [-0.15, -0.1) is 0 Å². The van der Waals surface area contributed by atoms with Crippen LogP contribution in [-0.2, 0) is 5.54 Å². The summed E-state index contributed by atoms with van der Waals surface area (Å²) in [5, 5.41) is 7.30. The number of nitrogens with zero attached hydrogens (tertiary/aromatic N) is 7. The first-order valence-corrected chi connectivity index (χ1v) is 11.4. The maximum atomic E-state index is 13.4. The molecule has 3 aromatic heterocycles. The van der Waals surface area contributed by atoms with Gasteiger partial charge in [-0.1, -0.05) is 13.8 Å². The van der Waals surface area contributed by atoms with E-state index in [1.54, 1.807) is 35.2 Å². The molecule has 0 unspecified atom stereocenters. The van der Waals surface area contributed by atoms with Gasteiger partial charge in [0, 0.05) is 75.7 Å². The molecule has 1 aliphatic heterocycles. The van der Waals surface area contributed by atoms with Crippen molar-refractivity contribution in [3.05, 3.63) is 42.7 Å². The largest absolute Gasteiger partial charge is 0.404 e. The zero-order valence-corrected chi connectivity index (χ0v) is 20.1. The lowest BCUT2D eigenvalue weighted by Gasteiger charge is -2.49. The molecular formula is C23H32FN9O. The number of halogens is 1. The fourth-order valence-electron chi connectivity index (χ4n) is 3.97. The van der Waals surface area contributed by atoms with E-state index in [0.29, 0.717) is 42.4 Å². The van der Waals surface area contributed by atoms with Crippen molar-refractivity contribution in [1.82, 2.24) is 34.4 Å². The van der Waals surface area contributed by atoms with Crippen molar-refractivity contribution in [3.63, 3.8) is 0 Å². The standard InChI is InChI=1S/C21H26FN9O.C2H6/c1-3-25-20(32)29-13-21(14-29,4-5-22)31-12-16(11-27-31)19-28-17(15(9-23)10-24-2)8-18-26-6-7-30(18)19;1-2/h6-12H,3-5,13-14,23H2,1-2H3,(H,25,32);1-2H3/b15-9+,24-10?;. The summed E-state index contributed by atoms with van der Waals surface area (Å²) >= 11 is 0. The monoisotopic (exact) mass is 469 g/mol. The zero-order valence-electron chi connectivity index (χ0n) is 20.1. The molecule has 11 heteroatoms. The van der Waals surface area contributed by atoms with Crippen LogP contribution in [0.15, 0.2) is 42.0 Å². The summed E-state index contributed by atoms with van der Waals surface area (Å²) < 4.78 is 17.0. The second kappa shape index (κ2) is 10.9. The normalized spacial score (nSPS) is 15.2. The van der Waals surface area contributed by atoms with Crippen molar-refractivity contribution >= 4 is 23.5 Å². The number of hydrogen-bond donors (Lipinski definition) is 2. The van der Waals surface area contributed by atoms with E-state index in [1.807, 2.05) is 43.6 Å². The van der Waals surface area contributed by atoms with Crippen molar-refractivity contribution in [2.75, 3.05) is 33.4 Å². The van der Waals surface area contributed by atoms with Gasteiger partial charge in [-0.3, -0.25) is 18.5 Å². The van der Waals surface area contributed by atoms with Crippen LogP contribution in [-0.4, -0.2) is 74.7 Å². The minimum Gasteiger partial charge on any atom is -0.404 e. The molecule has 10 nitrogen and oxygen atoms in total. The third-order valence-corrected chi connectivity index (χ3v) is 5.61. The molecule has 4 rings (SSSR count). The lowest BCUT2D eigenvalue weighted by molar-refractivity contribution is 0.0195. The number of carbonyl (C=O) groups is 1. The van der Waals surface area contributed by atoms with Crippen LogP contribution in [0.4, 0.5) is 9.18 Å². The predicted octanol–water partition coefficient (Wildman–Crippen LogP) is 2.72. The highest BCUT2D eigenvalue weighted by molar-refractivity contribution is 6.09. The number of nitrogens with two attached hydrogens (primary N) is 1.